The van der Waals surface area contributed by atoms with Crippen LogP contribution >= 0.6 is 0 Å². The Labute approximate surface area is 109 Å². The average Bonchev–Trinajstić information content (AvgIpc) is 2.42. The highest BCUT2D eigenvalue weighted by atomic mass is 16.2. The lowest BCUT2D eigenvalue weighted by molar-refractivity contribution is 0.209. The van der Waals surface area contributed by atoms with Crippen LogP contribution in [0.3, 0.4) is 0 Å². The minimum Gasteiger partial charge on any atom is -0.338 e. The van der Waals surface area contributed by atoms with Crippen molar-refractivity contribution in [2.45, 2.75) is 32.6 Å². The fraction of sp³-hybridized carbons (Fsp3) is 0.571. The van der Waals surface area contributed by atoms with Gasteiger partial charge in [0.1, 0.15) is 0 Å². The summed E-state index contributed by atoms with van der Waals surface area (Å²) in [6.45, 7) is 3.61. The third-order valence-corrected chi connectivity index (χ3v) is 2.83. The maximum absolute atomic E-state index is 11.7. The molecule has 0 saturated carbocycles. The number of unbranched alkanes of at least 4 members (excludes halogenated alkanes) is 2. The standard InChI is InChI=1S/C14H23N3O/c1-3-4-6-11-16-14(18)17(2)12-9-13-8-5-7-10-15-13/h5,7-8,10H,3-4,6,9,11-12H2,1-2H3,(H,16,18). The zero-order valence-electron chi connectivity index (χ0n) is 11.4. The van der Waals surface area contributed by atoms with Gasteiger partial charge in [-0.1, -0.05) is 25.8 Å². The number of hydrogen-bond acceptors (Lipinski definition) is 2. The Morgan fingerprint density at radius 1 is 1.39 bits per heavy atom. The highest BCUT2D eigenvalue weighted by molar-refractivity contribution is 5.73. The maximum atomic E-state index is 11.7. The van der Waals surface area contributed by atoms with Gasteiger partial charge in [0.05, 0.1) is 0 Å². The Kier molecular flexibility index (Phi) is 6.84. The molecule has 1 aromatic heterocycles. The van der Waals surface area contributed by atoms with Gasteiger partial charge in [-0.3, -0.25) is 4.98 Å². The molecule has 1 rings (SSSR count). The lowest BCUT2D eigenvalue weighted by atomic mass is 10.2. The number of amides is 2. The highest BCUT2D eigenvalue weighted by Gasteiger charge is 2.07. The van der Waals surface area contributed by atoms with Crippen LogP contribution in [-0.2, 0) is 6.42 Å². The Balaban J connectivity index is 2.19. The van der Waals surface area contributed by atoms with Gasteiger partial charge in [0, 0.05) is 38.4 Å². The topological polar surface area (TPSA) is 45.2 Å². The highest BCUT2D eigenvalue weighted by Crippen LogP contribution is 1.97. The molecule has 0 aromatic carbocycles. The molecular weight excluding hydrogens is 226 g/mol. The largest absolute Gasteiger partial charge is 0.338 e. The van der Waals surface area contributed by atoms with Crippen LogP contribution in [0.4, 0.5) is 4.79 Å². The van der Waals surface area contributed by atoms with Crippen molar-refractivity contribution in [2.75, 3.05) is 20.1 Å². The summed E-state index contributed by atoms with van der Waals surface area (Å²) >= 11 is 0. The van der Waals surface area contributed by atoms with E-state index in [0.717, 1.165) is 31.5 Å². The molecule has 4 heteroatoms. The number of hydrogen-bond donors (Lipinski definition) is 1. The van der Waals surface area contributed by atoms with E-state index in [0.29, 0.717) is 6.54 Å². The molecule has 2 amide bonds. The van der Waals surface area contributed by atoms with Crippen molar-refractivity contribution in [2.24, 2.45) is 0 Å². The number of likely N-dealkylation sites (N-methyl/N-ethyl adjacent to an activating group) is 1. The Morgan fingerprint density at radius 3 is 2.89 bits per heavy atom. The van der Waals surface area contributed by atoms with Gasteiger partial charge in [-0.2, -0.15) is 0 Å². The summed E-state index contributed by atoms with van der Waals surface area (Å²) in [5.41, 5.74) is 1.02. The first-order valence-electron chi connectivity index (χ1n) is 6.63. The molecule has 100 valence electrons. The van der Waals surface area contributed by atoms with Gasteiger partial charge in [-0.25, -0.2) is 4.79 Å². The van der Waals surface area contributed by atoms with E-state index in [-0.39, 0.29) is 6.03 Å². The van der Waals surface area contributed by atoms with Crippen LogP contribution < -0.4 is 5.32 Å². The third kappa shape index (κ3) is 5.66. The second-order valence-corrected chi connectivity index (χ2v) is 4.43. The van der Waals surface area contributed by atoms with E-state index in [1.54, 1.807) is 11.1 Å². The predicted molar refractivity (Wildman–Crippen MR) is 73.5 cm³/mol. The molecule has 0 aliphatic rings. The van der Waals surface area contributed by atoms with Crippen molar-refractivity contribution in [1.29, 1.82) is 0 Å². The van der Waals surface area contributed by atoms with Crippen molar-refractivity contribution in [3.05, 3.63) is 30.1 Å². The zero-order valence-corrected chi connectivity index (χ0v) is 11.4. The van der Waals surface area contributed by atoms with Crippen LogP contribution in [0.25, 0.3) is 0 Å². The molecule has 0 spiro atoms. The fourth-order valence-corrected chi connectivity index (χ4v) is 1.64. The molecule has 0 aliphatic heterocycles. The summed E-state index contributed by atoms with van der Waals surface area (Å²) in [6, 6.07) is 5.84. The SMILES string of the molecule is CCCCCNC(=O)N(C)CCc1ccccn1. The number of rotatable bonds is 7. The van der Waals surface area contributed by atoms with Crippen LogP contribution in [0.5, 0.6) is 0 Å². The van der Waals surface area contributed by atoms with E-state index >= 15 is 0 Å². The predicted octanol–water partition coefficient (Wildman–Crippen LogP) is 2.46. The van der Waals surface area contributed by atoms with E-state index in [9.17, 15) is 4.79 Å². The molecule has 18 heavy (non-hydrogen) atoms. The molecule has 0 bridgehead atoms. The van der Waals surface area contributed by atoms with Crippen LogP contribution in [-0.4, -0.2) is 36.1 Å². The number of pyridine rings is 1. The van der Waals surface area contributed by atoms with Gasteiger partial charge >= 0.3 is 6.03 Å². The van der Waals surface area contributed by atoms with Crippen molar-refractivity contribution in [3.63, 3.8) is 0 Å². The van der Waals surface area contributed by atoms with E-state index < -0.39 is 0 Å². The monoisotopic (exact) mass is 249 g/mol. The number of carbonyl (C=O) groups is 1. The summed E-state index contributed by atoms with van der Waals surface area (Å²) in [6.07, 6.45) is 5.96. The van der Waals surface area contributed by atoms with Crippen molar-refractivity contribution in [1.82, 2.24) is 15.2 Å². The van der Waals surface area contributed by atoms with Crippen LogP contribution in [0.15, 0.2) is 24.4 Å². The Morgan fingerprint density at radius 2 is 2.22 bits per heavy atom. The lowest BCUT2D eigenvalue weighted by Gasteiger charge is -2.17. The zero-order chi connectivity index (χ0) is 13.2. The molecular formula is C14H23N3O. The molecule has 0 aliphatic carbocycles. The molecule has 0 fully saturated rings. The Bertz CT molecular complexity index is 340. The minimum atomic E-state index is 0.00188. The lowest BCUT2D eigenvalue weighted by Crippen LogP contribution is -2.38. The summed E-state index contributed by atoms with van der Waals surface area (Å²) in [5.74, 6) is 0. The number of nitrogens with zero attached hydrogens (tertiary/aromatic N) is 2. The van der Waals surface area contributed by atoms with Gasteiger partial charge in [-0.15, -0.1) is 0 Å². The normalized spacial score (nSPS) is 10.1. The quantitative estimate of drug-likeness (QED) is 0.754. The summed E-state index contributed by atoms with van der Waals surface area (Å²) in [7, 11) is 1.82. The molecule has 0 atom stereocenters. The van der Waals surface area contributed by atoms with Gasteiger partial charge in [0.15, 0.2) is 0 Å². The van der Waals surface area contributed by atoms with E-state index in [1.807, 2.05) is 25.2 Å². The first-order valence-corrected chi connectivity index (χ1v) is 6.63. The molecule has 0 radical (unpaired) electrons. The van der Waals surface area contributed by atoms with E-state index in [1.165, 1.54) is 6.42 Å². The molecule has 0 unspecified atom stereocenters. The smallest absolute Gasteiger partial charge is 0.317 e. The van der Waals surface area contributed by atoms with Crippen molar-refractivity contribution < 1.29 is 4.79 Å². The Hall–Kier alpha value is -1.58. The second-order valence-electron chi connectivity index (χ2n) is 4.43. The summed E-state index contributed by atoms with van der Waals surface area (Å²) in [5, 5.41) is 2.92. The third-order valence-electron chi connectivity index (χ3n) is 2.83. The van der Waals surface area contributed by atoms with E-state index in [4.69, 9.17) is 0 Å². The summed E-state index contributed by atoms with van der Waals surface area (Å²) in [4.78, 5) is 17.7. The number of carbonyl (C=O) groups excluding carboxylic acids is 1. The second kappa shape index (κ2) is 8.50. The minimum absolute atomic E-state index is 0.00188. The fourth-order valence-electron chi connectivity index (χ4n) is 1.64. The number of aromatic nitrogens is 1. The van der Waals surface area contributed by atoms with Gasteiger partial charge in [0.2, 0.25) is 0 Å². The molecule has 4 nitrogen and oxygen atoms in total. The molecule has 0 saturated heterocycles. The van der Waals surface area contributed by atoms with Gasteiger partial charge < -0.3 is 10.2 Å². The summed E-state index contributed by atoms with van der Waals surface area (Å²) < 4.78 is 0. The average molecular weight is 249 g/mol. The van der Waals surface area contributed by atoms with Crippen molar-refractivity contribution in [3.8, 4) is 0 Å². The number of nitrogens with one attached hydrogen (secondary N) is 1. The van der Waals surface area contributed by atoms with Gasteiger partial charge in [-0.05, 0) is 18.6 Å². The van der Waals surface area contributed by atoms with Crippen LogP contribution in [0, 0.1) is 0 Å². The first kappa shape index (κ1) is 14.5. The maximum Gasteiger partial charge on any atom is 0.317 e. The van der Waals surface area contributed by atoms with Crippen LogP contribution in [0.1, 0.15) is 31.9 Å². The van der Waals surface area contributed by atoms with Crippen LogP contribution in [0.2, 0.25) is 0 Å². The first-order chi connectivity index (χ1) is 8.74. The molecule has 1 heterocycles. The van der Waals surface area contributed by atoms with Gasteiger partial charge in [0.25, 0.3) is 0 Å². The molecule has 1 N–H and O–H groups in total. The van der Waals surface area contributed by atoms with Crippen molar-refractivity contribution >= 4 is 6.03 Å². The number of urea groups is 1. The molecule has 1 aromatic rings. The van der Waals surface area contributed by atoms with E-state index in [2.05, 4.69) is 17.2 Å².